The molecule has 124 valence electrons. The summed E-state index contributed by atoms with van der Waals surface area (Å²) >= 11 is 0. The number of H-pyrrole nitrogens is 1. The molecule has 0 spiro atoms. The molecule has 1 aliphatic heterocycles. The lowest BCUT2D eigenvalue weighted by Crippen LogP contribution is -2.31. The van der Waals surface area contributed by atoms with Gasteiger partial charge in [0.05, 0.1) is 5.75 Å². The third-order valence-corrected chi connectivity index (χ3v) is 5.36. The SMILES string of the molecule is CCc1c(C(=O)N2CCC(CS(N)(=O)=O)C2)[nH]c2ccccc12. The number of nitrogens with one attached hydrogen (secondary N) is 1. The molecule has 1 saturated heterocycles. The number of carbonyl (C=O) groups is 1. The lowest BCUT2D eigenvalue weighted by atomic mass is 10.1. The molecule has 6 nitrogen and oxygen atoms in total. The first-order valence-corrected chi connectivity index (χ1v) is 9.50. The van der Waals surface area contributed by atoms with Gasteiger partial charge >= 0.3 is 0 Å². The first-order chi connectivity index (χ1) is 10.9. The number of para-hydroxylation sites is 1. The fourth-order valence-corrected chi connectivity index (χ4v) is 4.32. The van der Waals surface area contributed by atoms with Crippen molar-refractivity contribution in [2.24, 2.45) is 11.1 Å². The molecule has 0 saturated carbocycles. The summed E-state index contributed by atoms with van der Waals surface area (Å²) in [6, 6.07) is 7.86. The second-order valence-corrected chi connectivity index (χ2v) is 7.77. The van der Waals surface area contributed by atoms with Gasteiger partial charge in [-0.2, -0.15) is 0 Å². The van der Waals surface area contributed by atoms with Crippen LogP contribution in [0.15, 0.2) is 24.3 Å². The molecule has 2 heterocycles. The summed E-state index contributed by atoms with van der Waals surface area (Å²) in [4.78, 5) is 17.8. The number of hydrogen-bond acceptors (Lipinski definition) is 3. The molecule has 0 radical (unpaired) electrons. The fourth-order valence-electron chi connectivity index (χ4n) is 3.39. The van der Waals surface area contributed by atoms with Crippen molar-refractivity contribution in [1.82, 2.24) is 9.88 Å². The molecule has 0 aliphatic carbocycles. The van der Waals surface area contributed by atoms with Crippen LogP contribution in [0, 0.1) is 5.92 Å². The van der Waals surface area contributed by atoms with E-state index in [0.29, 0.717) is 25.2 Å². The molecule has 3 rings (SSSR count). The van der Waals surface area contributed by atoms with Crippen molar-refractivity contribution in [2.75, 3.05) is 18.8 Å². The van der Waals surface area contributed by atoms with Crippen LogP contribution in [0.3, 0.4) is 0 Å². The number of carbonyl (C=O) groups excluding carboxylic acids is 1. The number of primary sulfonamides is 1. The van der Waals surface area contributed by atoms with Crippen LogP contribution in [0.5, 0.6) is 0 Å². The van der Waals surface area contributed by atoms with E-state index in [0.717, 1.165) is 22.9 Å². The second kappa shape index (κ2) is 5.98. The zero-order valence-electron chi connectivity index (χ0n) is 13.1. The van der Waals surface area contributed by atoms with E-state index < -0.39 is 10.0 Å². The van der Waals surface area contributed by atoms with Crippen LogP contribution in [-0.2, 0) is 16.4 Å². The summed E-state index contributed by atoms with van der Waals surface area (Å²) in [7, 11) is -3.50. The average Bonchev–Trinajstić information content (AvgIpc) is 3.08. The fraction of sp³-hybridized carbons (Fsp3) is 0.438. The summed E-state index contributed by atoms with van der Waals surface area (Å²) in [6.45, 7) is 3.03. The molecular weight excluding hydrogens is 314 g/mol. The minimum Gasteiger partial charge on any atom is -0.350 e. The smallest absolute Gasteiger partial charge is 0.270 e. The van der Waals surface area contributed by atoms with Crippen LogP contribution in [0.1, 0.15) is 29.4 Å². The Morgan fingerprint density at radius 1 is 1.39 bits per heavy atom. The Morgan fingerprint density at radius 2 is 2.13 bits per heavy atom. The number of likely N-dealkylation sites (tertiary alicyclic amines) is 1. The topological polar surface area (TPSA) is 96.3 Å². The van der Waals surface area contributed by atoms with Gasteiger partial charge in [0.2, 0.25) is 10.0 Å². The van der Waals surface area contributed by atoms with Crippen molar-refractivity contribution in [2.45, 2.75) is 19.8 Å². The summed E-state index contributed by atoms with van der Waals surface area (Å²) in [5.74, 6) is -0.206. The minimum atomic E-state index is -3.50. The highest BCUT2D eigenvalue weighted by Crippen LogP contribution is 2.26. The maximum Gasteiger partial charge on any atom is 0.270 e. The monoisotopic (exact) mass is 335 g/mol. The second-order valence-electron chi connectivity index (χ2n) is 6.11. The number of aromatic nitrogens is 1. The molecule has 3 N–H and O–H groups in total. The molecule has 23 heavy (non-hydrogen) atoms. The van der Waals surface area contributed by atoms with Crippen LogP contribution < -0.4 is 5.14 Å². The zero-order valence-corrected chi connectivity index (χ0v) is 13.9. The Balaban J connectivity index is 1.84. The van der Waals surface area contributed by atoms with E-state index in [2.05, 4.69) is 4.98 Å². The van der Waals surface area contributed by atoms with Gasteiger partial charge in [0.15, 0.2) is 0 Å². The van der Waals surface area contributed by atoms with Crippen LogP contribution in [-0.4, -0.2) is 43.1 Å². The highest BCUT2D eigenvalue weighted by molar-refractivity contribution is 7.89. The van der Waals surface area contributed by atoms with E-state index in [1.54, 1.807) is 4.90 Å². The highest BCUT2D eigenvalue weighted by atomic mass is 32.2. The number of aryl methyl sites for hydroxylation is 1. The summed E-state index contributed by atoms with van der Waals surface area (Å²) in [6.07, 6.45) is 1.43. The highest BCUT2D eigenvalue weighted by Gasteiger charge is 2.31. The Kier molecular flexibility index (Phi) is 4.16. The van der Waals surface area contributed by atoms with Gasteiger partial charge in [-0.3, -0.25) is 4.79 Å². The Labute approximate surface area is 135 Å². The molecule has 1 aromatic carbocycles. The van der Waals surface area contributed by atoms with E-state index in [1.807, 2.05) is 31.2 Å². The van der Waals surface area contributed by atoms with Gasteiger partial charge in [0, 0.05) is 24.0 Å². The number of aromatic amines is 1. The van der Waals surface area contributed by atoms with Crippen molar-refractivity contribution in [3.63, 3.8) is 0 Å². The number of nitrogens with two attached hydrogens (primary N) is 1. The molecule has 1 amide bonds. The van der Waals surface area contributed by atoms with Crippen molar-refractivity contribution in [1.29, 1.82) is 0 Å². The molecular formula is C16H21N3O3S. The Bertz CT molecular complexity index is 841. The van der Waals surface area contributed by atoms with Gasteiger partial charge in [-0.25, -0.2) is 13.6 Å². The van der Waals surface area contributed by atoms with Gasteiger partial charge in [0.1, 0.15) is 5.69 Å². The lowest BCUT2D eigenvalue weighted by Gasteiger charge is -2.16. The predicted molar refractivity (Wildman–Crippen MR) is 89.7 cm³/mol. The minimum absolute atomic E-state index is 0.0602. The Hall–Kier alpha value is -1.86. The molecule has 1 unspecified atom stereocenters. The standard InChI is InChI=1S/C16H21N3O3S/c1-2-12-13-5-3-4-6-14(13)18-15(12)16(20)19-8-7-11(9-19)10-23(17,21)22/h3-6,11,18H,2,7-10H2,1H3,(H2,17,21,22). The van der Waals surface area contributed by atoms with Crippen molar-refractivity contribution < 1.29 is 13.2 Å². The van der Waals surface area contributed by atoms with Gasteiger partial charge in [-0.15, -0.1) is 0 Å². The molecule has 1 atom stereocenters. The van der Waals surface area contributed by atoms with E-state index in [4.69, 9.17) is 5.14 Å². The van der Waals surface area contributed by atoms with E-state index in [9.17, 15) is 13.2 Å². The largest absolute Gasteiger partial charge is 0.350 e. The third kappa shape index (κ3) is 3.25. The summed E-state index contributed by atoms with van der Waals surface area (Å²) in [5.41, 5.74) is 2.58. The maximum atomic E-state index is 12.8. The quantitative estimate of drug-likeness (QED) is 0.886. The van der Waals surface area contributed by atoms with Crippen molar-refractivity contribution in [3.05, 3.63) is 35.5 Å². The number of rotatable bonds is 4. The number of hydrogen-bond donors (Lipinski definition) is 2. The van der Waals surface area contributed by atoms with Crippen molar-refractivity contribution >= 4 is 26.8 Å². The third-order valence-electron chi connectivity index (χ3n) is 4.42. The zero-order chi connectivity index (χ0) is 16.6. The molecule has 7 heteroatoms. The average molecular weight is 335 g/mol. The van der Waals surface area contributed by atoms with Crippen LogP contribution in [0.2, 0.25) is 0 Å². The maximum absolute atomic E-state index is 12.8. The number of amides is 1. The van der Waals surface area contributed by atoms with Crippen LogP contribution in [0.25, 0.3) is 10.9 Å². The number of nitrogens with zero attached hydrogens (tertiary/aromatic N) is 1. The van der Waals surface area contributed by atoms with Crippen LogP contribution in [0.4, 0.5) is 0 Å². The van der Waals surface area contributed by atoms with Crippen LogP contribution >= 0.6 is 0 Å². The number of benzene rings is 1. The molecule has 1 aliphatic rings. The summed E-state index contributed by atoms with van der Waals surface area (Å²) < 4.78 is 22.4. The molecule has 2 aromatic rings. The van der Waals surface area contributed by atoms with E-state index >= 15 is 0 Å². The van der Waals surface area contributed by atoms with Gasteiger partial charge < -0.3 is 9.88 Å². The van der Waals surface area contributed by atoms with E-state index in [-0.39, 0.29) is 17.6 Å². The van der Waals surface area contributed by atoms with Gasteiger partial charge in [-0.1, -0.05) is 25.1 Å². The lowest BCUT2D eigenvalue weighted by molar-refractivity contribution is 0.0782. The normalized spacial score (nSPS) is 18.7. The number of fused-ring (bicyclic) bond motifs is 1. The Morgan fingerprint density at radius 3 is 2.83 bits per heavy atom. The molecule has 1 fully saturated rings. The van der Waals surface area contributed by atoms with Crippen molar-refractivity contribution in [3.8, 4) is 0 Å². The summed E-state index contributed by atoms with van der Waals surface area (Å²) in [5, 5.41) is 6.18. The molecule has 1 aromatic heterocycles. The number of sulfonamides is 1. The van der Waals surface area contributed by atoms with E-state index in [1.165, 1.54) is 0 Å². The van der Waals surface area contributed by atoms with Gasteiger partial charge in [-0.05, 0) is 30.4 Å². The first kappa shape index (κ1) is 16.0. The van der Waals surface area contributed by atoms with Gasteiger partial charge in [0.25, 0.3) is 5.91 Å². The first-order valence-electron chi connectivity index (χ1n) is 7.78. The molecule has 0 bridgehead atoms. The predicted octanol–water partition coefficient (Wildman–Crippen LogP) is 1.48.